The SMILES string of the molecule is CNCCN(C)C(=O)c1ccc(-c2ccccc2)[nH]c1=O.Cl. The molecule has 0 aliphatic carbocycles. The van der Waals surface area contributed by atoms with Crippen LogP contribution in [0, 0.1) is 0 Å². The summed E-state index contributed by atoms with van der Waals surface area (Å²) in [5, 5.41) is 2.97. The van der Waals surface area contributed by atoms with E-state index in [1.807, 2.05) is 37.4 Å². The normalized spacial score (nSPS) is 9.91. The summed E-state index contributed by atoms with van der Waals surface area (Å²) in [4.78, 5) is 28.6. The van der Waals surface area contributed by atoms with Gasteiger partial charge in [-0.25, -0.2) is 0 Å². The van der Waals surface area contributed by atoms with Gasteiger partial charge in [0.1, 0.15) is 5.56 Å². The minimum atomic E-state index is -0.363. The van der Waals surface area contributed by atoms with Gasteiger partial charge >= 0.3 is 0 Å². The molecule has 5 nitrogen and oxygen atoms in total. The molecular formula is C16H20ClN3O2. The van der Waals surface area contributed by atoms with Crippen LogP contribution in [0.5, 0.6) is 0 Å². The van der Waals surface area contributed by atoms with Crippen molar-refractivity contribution < 1.29 is 4.79 Å². The van der Waals surface area contributed by atoms with Crippen molar-refractivity contribution in [1.82, 2.24) is 15.2 Å². The lowest BCUT2D eigenvalue weighted by atomic mass is 10.1. The van der Waals surface area contributed by atoms with E-state index in [0.29, 0.717) is 18.8 Å². The number of aromatic nitrogens is 1. The highest BCUT2D eigenvalue weighted by Gasteiger charge is 2.15. The number of halogens is 1. The molecule has 0 radical (unpaired) electrons. The van der Waals surface area contributed by atoms with Gasteiger partial charge in [-0.15, -0.1) is 12.4 Å². The van der Waals surface area contributed by atoms with Crippen LogP contribution in [0.4, 0.5) is 0 Å². The summed E-state index contributed by atoms with van der Waals surface area (Å²) in [5.74, 6) is -0.272. The number of hydrogen-bond acceptors (Lipinski definition) is 3. The van der Waals surface area contributed by atoms with Crippen LogP contribution in [0.2, 0.25) is 0 Å². The zero-order chi connectivity index (χ0) is 15.2. The molecule has 0 fully saturated rings. The van der Waals surface area contributed by atoms with Crippen molar-refractivity contribution in [3.63, 3.8) is 0 Å². The van der Waals surface area contributed by atoms with Gasteiger partial charge in [-0.1, -0.05) is 30.3 Å². The Morgan fingerprint density at radius 1 is 1.18 bits per heavy atom. The summed E-state index contributed by atoms with van der Waals surface area (Å²) in [5.41, 5.74) is 1.41. The second-order valence-electron chi connectivity index (χ2n) is 4.81. The van der Waals surface area contributed by atoms with E-state index in [2.05, 4.69) is 10.3 Å². The molecule has 0 bridgehead atoms. The zero-order valence-electron chi connectivity index (χ0n) is 12.6. The minimum absolute atomic E-state index is 0. The fourth-order valence-electron chi connectivity index (χ4n) is 2.01. The van der Waals surface area contributed by atoms with Crippen molar-refractivity contribution in [3.8, 4) is 11.3 Å². The third-order valence-corrected chi connectivity index (χ3v) is 3.27. The van der Waals surface area contributed by atoms with Gasteiger partial charge in [0.15, 0.2) is 0 Å². The number of amides is 1. The number of carbonyl (C=O) groups is 1. The van der Waals surface area contributed by atoms with Crippen LogP contribution in [0.3, 0.4) is 0 Å². The lowest BCUT2D eigenvalue weighted by molar-refractivity contribution is 0.0795. The van der Waals surface area contributed by atoms with E-state index in [4.69, 9.17) is 0 Å². The van der Waals surface area contributed by atoms with Crippen molar-refractivity contribution in [1.29, 1.82) is 0 Å². The van der Waals surface area contributed by atoms with E-state index in [-0.39, 0.29) is 29.4 Å². The highest BCUT2D eigenvalue weighted by Crippen LogP contribution is 2.14. The molecule has 118 valence electrons. The number of pyridine rings is 1. The Balaban J connectivity index is 0.00000242. The predicted molar refractivity (Wildman–Crippen MR) is 90.6 cm³/mol. The van der Waals surface area contributed by atoms with Gasteiger partial charge in [0.25, 0.3) is 11.5 Å². The number of benzene rings is 1. The molecule has 0 saturated heterocycles. The second-order valence-corrected chi connectivity index (χ2v) is 4.81. The van der Waals surface area contributed by atoms with Crippen molar-refractivity contribution in [2.45, 2.75) is 0 Å². The van der Waals surface area contributed by atoms with E-state index in [1.54, 1.807) is 19.2 Å². The molecule has 1 heterocycles. The summed E-state index contributed by atoms with van der Waals surface area (Å²) in [7, 11) is 3.50. The first kappa shape index (κ1) is 17.9. The number of nitrogens with one attached hydrogen (secondary N) is 2. The molecule has 6 heteroatoms. The second kappa shape index (κ2) is 8.36. The third kappa shape index (κ3) is 4.19. The number of nitrogens with zero attached hydrogens (tertiary/aromatic N) is 1. The standard InChI is InChI=1S/C16H19N3O2.ClH/c1-17-10-11-19(2)16(21)13-8-9-14(18-15(13)20)12-6-4-3-5-7-12;/h3-9,17H,10-11H2,1-2H3,(H,18,20);1H. The fraction of sp³-hybridized carbons (Fsp3) is 0.250. The highest BCUT2D eigenvalue weighted by molar-refractivity contribution is 5.93. The van der Waals surface area contributed by atoms with Crippen LogP contribution in [0.25, 0.3) is 11.3 Å². The first-order valence-electron chi connectivity index (χ1n) is 6.82. The van der Waals surface area contributed by atoms with E-state index in [9.17, 15) is 9.59 Å². The number of aromatic amines is 1. The molecule has 0 saturated carbocycles. The maximum atomic E-state index is 12.2. The maximum absolute atomic E-state index is 12.2. The maximum Gasteiger partial charge on any atom is 0.261 e. The van der Waals surface area contributed by atoms with E-state index >= 15 is 0 Å². The van der Waals surface area contributed by atoms with Crippen molar-refractivity contribution in [2.75, 3.05) is 27.2 Å². The van der Waals surface area contributed by atoms with Gasteiger partial charge in [-0.05, 0) is 24.7 Å². The van der Waals surface area contributed by atoms with Gasteiger partial charge in [0, 0.05) is 25.8 Å². The quantitative estimate of drug-likeness (QED) is 0.882. The molecule has 2 aromatic rings. The Morgan fingerprint density at radius 3 is 2.45 bits per heavy atom. The van der Waals surface area contributed by atoms with Crippen LogP contribution >= 0.6 is 12.4 Å². The molecule has 0 unspecified atom stereocenters. The van der Waals surface area contributed by atoms with Crippen LogP contribution in [-0.4, -0.2) is 43.0 Å². The summed E-state index contributed by atoms with van der Waals surface area (Å²) < 4.78 is 0. The number of likely N-dealkylation sites (N-methyl/N-ethyl adjacent to an activating group) is 2. The molecule has 22 heavy (non-hydrogen) atoms. The zero-order valence-corrected chi connectivity index (χ0v) is 13.4. The average molecular weight is 322 g/mol. The Labute approximate surface area is 135 Å². The molecule has 0 atom stereocenters. The molecule has 1 amide bonds. The largest absolute Gasteiger partial charge is 0.340 e. The third-order valence-electron chi connectivity index (χ3n) is 3.27. The Morgan fingerprint density at radius 2 is 1.86 bits per heavy atom. The molecule has 2 N–H and O–H groups in total. The van der Waals surface area contributed by atoms with E-state index < -0.39 is 0 Å². The van der Waals surface area contributed by atoms with Crippen molar-refractivity contribution in [2.24, 2.45) is 0 Å². The fourth-order valence-corrected chi connectivity index (χ4v) is 2.01. The summed E-state index contributed by atoms with van der Waals surface area (Å²) in [6.45, 7) is 1.23. The lowest BCUT2D eigenvalue weighted by Gasteiger charge is -2.16. The van der Waals surface area contributed by atoms with E-state index in [0.717, 1.165) is 5.56 Å². The van der Waals surface area contributed by atoms with Crippen molar-refractivity contribution >= 4 is 18.3 Å². The van der Waals surface area contributed by atoms with Gasteiger partial charge in [0.05, 0.1) is 0 Å². The molecule has 0 aliphatic heterocycles. The number of rotatable bonds is 5. The van der Waals surface area contributed by atoms with Crippen LogP contribution in [-0.2, 0) is 0 Å². The van der Waals surface area contributed by atoms with Crippen LogP contribution in [0.1, 0.15) is 10.4 Å². The van der Waals surface area contributed by atoms with Gasteiger partial charge in [-0.3, -0.25) is 9.59 Å². The Hall–Kier alpha value is -2.11. The van der Waals surface area contributed by atoms with Gasteiger partial charge in [0.2, 0.25) is 0 Å². The molecule has 1 aromatic heterocycles. The molecular weight excluding hydrogens is 302 g/mol. The number of hydrogen-bond donors (Lipinski definition) is 2. The molecule has 1 aromatic carbocycles. The van der Waals surface area contributed by atoms with Gasteiger partial charge in [-0.2, -0.15) is 0 Å². The highest BCUT2D eigenvalue weighted by atomic mass is 35.5. The monoisotopic (exact) mass is 321 g/mol. The first-order chi connectivity index (χ1) is 10.1. The Bertz CT molecular complexity index is 671. The van der Waals surface area contributed by atoms with Crippen LogP contribution in [0.15, 0.2) is 47.3 Å². The average Bonchev–Trinajstić information content (AvgIpc) is 2.52. The molecule has 0 spiro atoms. The number of H-pyrrole nitrogens is 1. The van der Waals surface area contributed by atoms with Gasteiger partial charge < -0.3 is 15.2 Å². The topological polar surface area (TPSA) is 65.2 Å². The van der Waals surface area contributed by atoms with Crippen LogP contribution < -0.4 is 10.9 Å². The van der Waals surface area contributed by atoms with Crippen molar-refractivity contribution in [3.05, 3.63) is 58.4 Å². The predicted octanol–water partition coefficient (Wildman–Crippen LogP) is 1.76. The van der Waals surface area contributed by atoms with E-state index in [1.165, 1.54) is 4.90 Å². The molecule has 2 rings (SSSR count). The lowest BCUT2D eigenvalue weighted by Crippen LogP contribution is -2.35. The summed E-state index contributed by atoms with van der Waals surface area (Å²) in [6.07, 6.45) is 0. The number of carbonyl (C=O) groups excluding carboxylic acids is 1. The Kier molecular flexibility index (Phi) is 6.82. The minimum Gasteiger partial charge on any atom is -0.340 e. The summed E-state index contributed by atoms with van der Waals surface area (Å²) >= 11 is 0. The summed E-state index contributed by atoms with van der Waals surface area (Å²) in [6, 6.07) is 12.9. The smallest absolute Gasteiger partial charge is 0.261 e. The first-order valence-corrected chi connectivity index (χ1v) is 6.82. The molecule has 0 aliphatic rings.